The molecule has 0 aliphatic carbocycles. The van der Waals surface area contributed by atoms with Gasteiger partial charge in [-0.25, -0.2) is 9.97 Å². The average molecular weight is 245 g/mol. The van der Waals surface area contributed by atoms with E-state index in [1.807, 2.05) is 31.0 Å². The van der Waals surface area contributed by atoms with Gasteiger partial charge in [0.05, 0.1) is 5.69 Å². The second-order valence-electron chi connectivity index (χ2n) is 4.39. The first kappa shape index (κ1) is 12.7. The van der Waals surface area contributed by atoms with Crippen LogP contribution in [-0.4, -0.2) is 26.3 Å². The number of nitrogens with zero attached hydrogens (tertiary/aromatic N) is 4. The quantitative estimate of drug-likeness (QED) is 0.865. The van der Waals surface area contributed by atoms with E-state index in [-0.39, 0.29) is 6.04 Å². The van der Waals surface area contributed by atoms with Gasteiger partial charge in [0.1, 0.15) is 6.33 Å². The number of hydrogen-bond donors (Lipinski definition) is 1. The first-order valence-corrected chi connectivity index (χ1v) is 6.18. The van der Waals surface area contributed by atoms with Crippen LogP contribution in [0.2, 0.25) is 0 Å². The number of aryl methyl sites for hydroxylation is 2. The maximum absolute atomic E-state index is 4.38. The Morgan fingerprint density at radius 3 is 2.61 bits per heavy atom. The van der Waals surface area contributed by atoms with Crippen LogP contribution in [-0.2, 0) is 13.5 Å². The Morgan fingerprint density at radius 2 is 2.06 bits per heavy atom. The summed E-state index contributed by atoms with van der Waals surface area (Å²) in [5, 5.41) is 7.84. The summed E-state index contributed by atoms with van der Waals surface area (Å²) in [5.41, 5.74) is 3.37. The van der Waals surface area contributed by atoms with Crippen molar-refractivity contribution in [1.82, 2.24) is 25.1 Å². The van der Waals surface area contributed by atoms with E-state index in [1.54, 1.807) is 6.33 Å². The van der Waals surface area contributed by atoms with Gasteiger partial charge in [0.2, 0.25) is 0 Å². The average Bonchev–Trinajstić information content (AvgIpc) is 2.68. The summed E-state index contributed by atoms with van der Waals surface area (Å²) in [6.07, 6.45) is 6.17. The third-order valence-electron chi connectivity index (χ3n) is 2.95. The van der Waals surface area contributed by atoms with Gasteiger partial charge >= 0.3 is 0 Å². The molecule has 18 heavy (non-hydrogen) atoms. The highest BCUT2D eigenvalue weighted by atomic mass is 15.3. The van der Waals surface area contributed by atoms with E-state index in [9.17, 15) is 0 Å². The summed E-state index contributed by atoms with van der Waals surface area (Å²) < 4.78 is 1.93. The molecule has 0 spiro atoms. The normalized spacial score (nSPS) is 12.6. The SMILES string of the molecule is CCNC(Cc1cc(C)nn1C)c1cncnc1. The van der Waals surface area contributed by atoms with Gasteiger partial charge in [-0.1, -0.05) is 6.92 Å². The highest BCUT2D eigenvalue weighted by Crippen LogP contribution is 2.17. The maximum atomic E-state index is 4.38. The van der Waals surface area contributed by atoms with E-state index in [0.717, 1.165) is 24.2 Å². The third-order valence-corrected chi connectivity index (χ3v) is 2.95. The summed E-state index contributed by atoms with van der Waals surface area (Å²) in [5.74, 6) is 0. The molecule has 0 aliphatic heterocycles. The van der Waals surface area contributed by atoms with Gasteiger partial charge in [-0.15, -0.1) is 0 Å². The van der Waals surface area contributed by atoms with Gasteiger partial charge in [-0.2, -0.15) is 5.10 Å². The number of likely N-dealkylation sites (N-methyl/N-ethyl adjacent to an activating group) is 1. The molecule has 5 heteroatoms. The molecule has 2 aromatic rings. The fourth-order valence-electron chi connectivity index (χ4n) is 2.11. The predicted octanol–water partition coefficient (Wildman–Crippen LogP) is 1.41. The van der Waals surface area contributed by atoms with Crippen LogP contribution < -0.4 is 5.32 Å². The fourth-order valence-corrected chi connectivity index (χ4v) is 2.11. The lowest BCUT2D eigenvalue weighted by Crippen LogP contribution is -2.24. The van der Waals surface area contributed by atoms with Crippen molar-refractivity contribution in [2.75, 3.05) is 6.54 Å². The molecule has 1 N–H and O–H groups in total. The summed E-state index contributed by atoms with van der Waals surface area (Å²) in [4.78, 5) is 8.17. The summed E-state index contributed by atoms with van der Waals surface area (Å²) in [6, 6.07) is 2.35. The molecule has 0 fully saturated rings. The molecule has 0 bridgehead atoms. The van der Waals surface area contributed by atoms with E-state index in [1.165, 1.54) is 5.69 Å². The zero-order valence-corrected chi connectivity index (χ0v) is 11.1. The van der Waals surface area contributed by atoms with Crippen LogP contribution in [0.1, 0.15) is 29.9 Å². The van der Waals surface area contributed by atoms with E-state index in [0.29, 0.717) is 0 Å². The van der Waals surface area contributed by atoms with Crippen molar-refractivity contribution in [3.05, 3.63) is 41.7 Å². The first-order chi connectivity index (χ1) is 8.70. The first-order valence-electron chi connectivity index (χ1n) is 6.18. The maximum Gasteiger partial charge on any atom is 0.115 e. The van der Waals surface area contributed by atoms with Crippen LogP contribution in [0.25, 0.3) is 0 Å². The molecule has 0 amide bonds. The van der Waals surface area contributed by atoms with Crippen molar-refractivity contribution in [3.8, 4) is 0 Å². The highest BCUT2D eigenvalue weighted by molar-refractivity contribution is 5.16. The number of nitrogens with one attached hydrogen (secondary N) is 1. The molecule has 5 nitrogen and oxygen atoms in total. The molecule has 0 aromatic carbocycles. The topological polar surface area (TPSA) is 55.6 Å². The minimum Gasteiger partial charge on any atom is -0.310 e. The Kier molecular flexibility index (Phi) is 4.04. The Hall–Kier alpha value is -1.75. The number of aromatic nitrogens is 4. The highest BCUT2D eigenvalue weighted by Gasteiger charge is 2.14. The van der Waals surface area contributed by atoms with Crippen molar-refractivity contribution >= 4 is 0 Å². The van der Waals surface area contributed by atoms with E-state index in [2.05, 4.69) is 33.4 Å². The zero-order chi connectivity index (χ0) is 13.0. The molecule has 96 valence electrons. The van der Waals surface area contributed by atoms with Crippen molar-refractivity contribution < 1.29 is 0 Å². The lowest BCUT2D eigenvalue weighted by molar-refractivity contribution is 0.525. The molecular weight excluding hydrogens is 226 g/mol. The van der Waals surface area contributed by atoms with Crippen LogP contribution in [0.5, 0.6) is 0 Å². The van der Waals surface area contributed by atoms with E-state index < -0.39 is 0 Å². The lowest BCUT2D eigenvalue weighted by atomic mass is 10.0. The van der Waals surface area contributed by atoms with Crippen molar-refractivity contribution in [1.29, 1.82) is 0 Å². The van der Waals surface area contributed by atoms with Crippen molar-refractivity contribution in [3.63, 3.8) is 0 Å². The lowest BCUT2D eigenvalue weighted by Gasteiger charge is -2.17. The van der Waals surface area contributed by atoms with Crippen molar-refractivity contribution in [2.45, 2.75) is 26.3 Å². The second kappa shape index (κ2) is 5.73. The standard InChI is InChI=1S/C13H19N5/c1-4-16-13(11-7-14-9-15-8-11)6-12-5-10(2)17-18(12)3/h5,7-9,13,16H,4,6H2,1-3H3. The third kappa shape index (κ3) is 2.92. The number of hydrogen-bond acceptors (Lipinski definition) is 4. The largest absolute Gasteiger partial charge is 0.310 e. The van der Waals surface area contributed by atoms with Crippen LogP contribution in [0.4, 0.5) is 0 Å². The second-order valence-corrected chi connectivity index (χ2v) is 4.39. The molecule has 2 rings (SSSR count). The Balaban J connectivity index is 2.19. The van der Waals surface area contributed by atoms with Crippen LogP contribution in [0.15, 0.2) is 24.8 Å². The van der Waals surface area contributed by atoms with Gasteiger partial charge in [0, 0.05) is 43.2 Å². The molecule has 0 saturated heterocycles. The molecule has 2 heterocycles. The Bertz CT molecular complexity index is 491. The van der Waals surface area contributed by atoms with Crippen LogP contribution in [0, 0.1) is 6.92 Å². The minimum atomic E-state index is 0.228. The van der Waals surface area contributed by atoms with Crippen LogP contribution in [0.3, 0.4) is 0 Å². The summed E-state index contributed by atoms with van der Waals surface area (Å²) in [7, 11) is 1.98. The summed E-state index contributed by atoms with van der Waals surface area (Å²) >= 11 is 0. The molecule has 0 saturated carbocycles. The van der Waals surface area contributed by atoms with E-state index in [4.69, 9.17) is 0 Å². The van der Waals surface area contributed by atoms with Crippen LogP contribution >= 0.6 is 0 Å². The molecular formula is C13H19N5. The van der Waals surface area contributed by atoms with Gasteiger partial charge in [-0.3, -0.25) is 4.68 Å². The zero-order valence-electron chi connectivity index (χ0n) is 11.1. The van der Waals surface area contributed by atoms with E-state index >= 15 is 0 Å². The van der Waals surface area contributed by atoms with Gasteiger partial charge in [0.25, 0.3) is 0 Å². The number of rotatable bonds is 5. The van der Waals surface area contributed by atoms with Gasteiger partial charge < -0.3 is 5.32 Å². The minimum absolute atomic E-state index is 0.228. The Morgan fingerprint density at radius 1 is 1.33 bits per heavy atom. The Labute approximate surface area is 107 Å². The van der Waals surface area contributed by atoms with Gasteiger partial charge in [-0.05, 0) is 19.5 Å². The fraction of sp³-hybridized carbons (Fsp3) is 0.462. The molecule has 0 radical (unpaired) electrons. The smallest absolute Gasteiger partial charge is 0.115 e. The molecule has 0 aliphatic rings. The van der Waals surface area contributed by atoms with Gasteiger partial charge in [0.15, 0.2) is 0 Å². The molecule has 1 unspecified atom stereocenters. The van der Waals surface area contributed by atoms with Crippen molar-refractivity contribution in [2.24, 2.45) is 7.05 Å². The molecule has 1 atom stereocenters. The summed E-state index contributed by atoms with van der Waals surface area (Å²) in [6.45, 7) is 5.03. The predicted molar refractivity (Wildman–Crippen MR) is 70.1 cm³/mol. The molecule has 2 aromatic heterocycles. The monoisotopic (exact) mass is 245 g/mol.